The lowest BCUT2D eigenvalue weighted by Crippen LogP contribution is -2.34. The molecule has 0 aromatic carbocycles. The molecule has 6 nitrogen and oxygen atoms in total. The number of carbonyl (C=O) groups excluding carboxylic acids is 1. The van der Waals surface area contributed by atoms with Crippen LogP contribution in [0.15, 0.2) is 12.4 Å². The normalized spacial score (nSPS) is 22.2. The van der Waals surface area contributed by atoms with Gasteiger partial charge in [0, 0.05) is 43.9 Å². The van der Waals surface area contributed by atoms with Gasteiger partial charge in [0.05, 0.1) is 12.3 Å². The SMILES string of the molecule is CC(C)n1cc(CN2CCC(CCC(=O)NC[C@H]3CCCO3)CC2)cn1. The van der Waals surface area contributed by atoms with Gasteiger partial charge in [-0.15, -0.1) is 0 Å². The number of amides is 1. The van der Waals surface area contributed by atoms with Gasteiger partial charge < -0.3 is 10.1 Å². The van der Waals surface area contributed by atoms with Crippen LogP contribution in [0.2, 0.25) is 0 Å². The number of piperidine rings is 1. The summed E-state index contributed by atoms with van der Waals surface area (Å²) in [6.45, 7) is 9.06. The van der Waals surface area contributed by atoms with E-state index in [1.807, 2.05) is 10.9 Å². The number of carbonyl (C=O) groups is 1. The van der Waals surface area contributed by atoms with Crippen LogP contribution in [-0.4, -0.2) is 52.9 Å². The van der Waals surface area contributed by atoms with E-state index in [2.05, 4.69) is 35.4 Å². The first-order chi connectivity index (χ1) is 12.6. The third kappa shape index (κ3) is 5.81. The van der Waals surface area contributed by atoms with E-state index in [4.69, 9.17) is 4.74 Å². The van der Waals surface area contributed by atoms with E-state index in [0.717, 1.165) is 45.5 Å². The van der Waals surface area contributed by atoms with Crippen LogP contribution in [0.4, 0.5) is 0 Å². The highest BCUT2D eigenvalue weighted by Crippen LogP contribution is 2.23. The highest BCUT2D eigenvalue weighted by molar-refractivity contribution is 5.75. The van der Waals surface area contributed by atoms with Crippen LogP contribution in [0.3, 0.4) is 0 Å². The summed E-state index contributed by atoms with van der Waals surface area (Å²) < 4.78 is 7.57. The number of nitrogens with zero attached hydrogens (tertiary/aromatic N) is 3. The third-order valence-corrected chi connectivity index (χ3v) is 5.63. The van der Waals surface area contributed by atoms with E-state index in [1.54, 1.807) is 0 Å². The molecule has 2 aliphatic rings. The molecule has 0 aliphatic carbocycles. The summed E-state index contributed by atoms with van der Waals surface area (Å²) in [5.41, 5.74) is 1.30. The van der Waals surface area contributed by atoms with E-state index in [0.29, 0.717) is 24.9 Å². The molecule has 1 aromatic heterocycles. The Morgan fingerprint density at radius 1 is 1.35 bits per heavy atom. The van der Waals surface area contributed by atoms with E-state index in [9.17, 15) is 4.79 Å². The third-order valence-electron chi connectivity index (χ3n) is 5.63. The molecule has 146 valence electrons. The van der Waals surface area contributed by atoms with Crippen molar-refractivity contribution in [3.63, 3.8) is 0 Å². The summed E-state index contributed by atoms with van der Waals surface area (Å²) in [5, 5.41) is 7.46. The number of hydrogen-bond donors (Lipinski definition) is 1. The van der Waals surface area contributed by atoms with Crippen molar-refractivity contribution in [2.75, 3.05) is 26.2 Å². The second-order valence-corrected chi connectivity index (χ2v) is 8.12. The van der Waals surface area contributed by atoms with Crippen molar-refractivity contribution in [3.8, 4) is 0 Å². The van der Waals surface area contributed by atoms with E-state index < -0.39 is 0 Å². The lowest BCUT2D eigenvalue weighted by Gasteiger charge is -2.31. The molecule has 6 heteroatoms. The smallest absolute Gasteiger partial charge is 0.220 e. The minimum Gasteiger partial charge on any atom is -0.376 e. The van der Waals surface area contributed by atoms with Gasteiger partial charge in [0.1, 0.15) is 0 Å². The molecule has 2 aliphatic heterocycles. The summed E-state index contributed by atoms with van der Waals surface area (Å²) in [4.78, 5) is 14.5. The minimum absolute atomic E-state index is 0.184. The van der Waals surface area contributed by atoms with Crippen molar-refractivity contribution < 1.29 is 9.53 Å². The summed E-state index contributed by atoms with van der Waals surface area (Å²) in [7, 11) is 0. The predicted octanol–water partition coefficient (Wildman–Crippen LogP) is 2.75. The van der Waals surface area contributed by atoms with Crippen LogP contribution in [0.1, 0.15) is 64.0 Å². The molecule has 1 N–H and O–H groups in total. The quantitative estimate of drug-likeness (QED) is 0.772. The van der Waals surface area contributed by atoms with Crippen molar-refractivity contribution in [2.45, 2.75) is 71.1 Å². The van der Waals surface area contributed by atoms with Gasteiger partial charge in [0.2, 0.25) is 5.91 Å². The second kappa shape index (κ2) is 9.51. The predicted molar refractivity (Wildman–Crippen MR) is 102 cm³/mol. The fourth-order valence-electron chi connectivity index (χ4n) is 3.89. The first-order valence-corrected chi connectivity index (χ1v) is 10.2. The molecule has 1 amide bonds. The highest BCUT2D eigenvalue weighted by Gasteiger charge is 2.21. The maximum Gasteiger partial charge on any atom is 0.220 e. The lowest BCUT2D eigenvalue weighted by atomic mass is 9.92. The van der Waals surface area contributed by atoms with Crippen molar-refractivity contribution in [1.29, 1.82) is 0 Å². The first-order valence-electron chi connectivity index (χ1n) is 10.2. The Bertz CT molecular complexity index is 558. The molecule has 2 fully saturated rings. The fourth-order valence-corrected chi connectivity index (χ4v) is 3.89. The van der Waals surface area contributed by atoms with Gasteiger partial charge in [-0.2, -0.15) is 5.10 Å². The zero-order chi connectivity index (χ0) is 18.4. The Morgan fingerprint density at radius 3 is 2.81 bits per heavy atom. The Balaban J connectivity index is 1.30. The Morgan fingerprint density at radius 2 is 2.15 bits per heavy atom. The molecule has 0 saturated carbocycles. The number of hydrogen-bond acceptors (Lipinski definition) is 4. The van der Waals surface area contributed by atoms with Crippen LogP contribution >= 0.6 is 0 Å². The van der Waals surface area contributed by atoms with Crippen molar-refractivity contribution in [2.24, 2.45) is 5.92 Å². The second-order valence-electron chi connectivity index (χ2n) is 8.12. The summed E-state index contributed by atoms with van der Waals surface area (Å²) in [6.07, 6.45) is 10.6. The molecular weight excluding hydrogens is 328 g/mol. The van der Waals surface area contributed by atoms with Gasteiger partial charge in [-0.3, -0.25) is 14.4 Å². The molecule has 2 saturated heterocycles. The molecule has 3 heterocycles. The van der Waals surface area contributed by atoms with Crippen LogP contribution in [0, 0.1) is 5.92 Å². The highest BCUT2D eigenvalue weighted by atomic mass is 16.5. The molecule has 3 rings (SSSR count). The average molecular weight is 363 g/mol. The van der Waals surface area contributed by atoms with Crippen LogP contribution in [0.5, 0.6) is 0 Å². The molecular formula is C20H34N4O2. The number of aromatic nitrogens is 2. The molecule has 1 aromatic rings. The van der Waals surface area contributed by atoms with E-state index in [-0.39, 0.29) is 12.0 Å². The van der Waals surface area contributed by atoms with Gasteiger partial charge in [0.15, 0.2) is 0 Å². The molecule has 1 atom stereocenters. The molecule has 26 heavy (non-hydrogen) atoms. The van der Waals surface area contributed by atoms with Gasteiger partial charge in [-0.25, -0.2) is 0 Å². The fraction of sp³-hybridized carbons (Fsp3) is 0.800. The monoisotopic (exact) mass is 362 g/mol. The number of ether oxygens (including phenoxy) is 1. The standard InChI is InChI=1S/C20H34N4O2/c1-16(2)24-15-18(12-22-24)14-23-9-7-17(8-10-23)5-6-20(25)21-13-19-4-3-11-26-19/h12,15-17,19H,3-11,13-14H2,1-2H3,(H,21,25)/t19-/m1/s1. The molecule has 0 spiro atoms. The topological polar surface area (TPSA) is 59.4 Å². The van der Waals surface area contributed by atoms with Crippen molar-refractivity contribution >= 4 is 5.91 Å². The minimum atomic E-state index is 0.184. The van der Waals surface area contributed by atoms with E-state index in [1.165, 1.54) is 18.4 Å². The number of likely N-dealkylation sites (tertiary alicyclic amines) is 1. The van der Waals surface area contributed by atoms with Gasteiger partial charge in [-0.1, -0.05) is 0 Å². The van der Waals surface area contributed by atoms with Gasteiger partial charge in [0.25, 0.3) is 0 Å². The van der Waals surface area contributed by atoms with Crippen LogP contribution in [0.25, 0.3) is 0 Å². The number of rotatable bonds is 8. The summed E-state index contributed by atoms with van der Waals surface area (Å²) >= 11 is 0. The average Bonchev–Trinajstić information content (AvgIpc) is 3.31. The Kier molecular flexibility index (Phi) is 7.08. The summed E-state index contributed by atoms with van der Waals surface area (Å²) in [6, 6.07) is 0.417. The van der Waals surface area contributed by atoms with Crippen LogP contribution < -0.4 is 5.32 Å². The number of nitrogens with one attached hydrogen (secondary N) is 1. The van der Waals surface area contributed by atoms with E-state index >= 15 is 0 Å². The lowest BCUT2D eigenvalue weighted by molar-refractivity contribution is -0.122. The molecule has 0 radical (unpaired) electrons. The van der Waals surface area contributed by atoms with Crippen LogP contribution in [-0.2, 0) is 16.1 Å². The Labute approximate surface area is 157 Å². The van der Waals surface area contributed by atoms with Gasteiger partial charge in [-0.05, 0) is 65.0 Å². The molecule has 0 unspecified atom stereocenters. The zero-order valence-corrected chi connectivity index (χ0v) is 16.3. The van der Waals surface area contributed by atoms with Crippen molar-refractivity contribution in [3.05, 3.63) is 18.0 Å². The molecule has 0 bridgehead atoms. The van der Waals surface area contributed by atoms with Crippen molar-refractivity contribution in [1.82, 2.24) is 20.0 Å². The van der Waals surface area contributed by atoms with Gasteiger partial charge >= 0.3 is 0 Å². The maximum atomic E-state index is 12.0. The maximum absolute atomic E-state index is 12.0. The largest absolute Gasteiger partial charge is 0.376 e. The zero-order valence-electron chi connectivity index (χ0n) is 16.3. The Hall–Kier alpha value is -1.40. The summed E-state index contributed by atoms with van der Waals surface area (Å²) in [5.74, 6) is 0.863. The first kappa shape index (κ1) is 19.4.